The topological polar surface area (TPSA) is 81.2 Å². The number of rotatable bonds is 2. The van der Waals surface area contributed by atoms with Gasteiger partial charge in [-0.3, -0.25) is 4.68 Å². The zero-order valence-electron chi connectivity index (χ0n) is 11.9. The van der Waals surface area contributed by atoms with Gasteiger partial charge in [0, 0.05) is 20.1 Å². The van der Waals surface area contributed by atoms with Crippen LogP contribution in [0.2, 0.25) is 0 Å². The summed E-state index contributed by atoms with van der Waals surface area (Å²) in [6, 6.07) is 0. The van der Waals surface area contributed by atoms with E-state index in [-0.39, 0.29) is 10.7 Å². The molecule has 1 fully saturated rings. The summed E-state index contributed by atoms with van der Waals surface area (Å²) in [5, 5.41) is 4.00. The van der Waals surface area contributed by atoms with Gasteiger partial charge in [0.25, 0.3) is 0 Å². The Hall–Kier alpha value is -1.08. The monoisotopic (exact) mass is 286 g/mol. The van der Waals surface area contributed by atoms with Crippen molar-refractivity contribution in [1.29, 1.82) is 0 Å². The fourth-order valence-electron chi connectivity index (χ4n) is 2.86. The van der Waals surface area contributed by atoms with Gasteiger partial charge in [-0.05, 0) is 25.2 Å². The number of hydrogen-bond donors (Lipinski definition) is 1. The van der Waals surface area contributed by atoms with Crippen molar-refractivity contribution in [1.82, 2.24) is 14.1 Å². The minimum Gasteiger partial charge on any atom is -0.381 e. The predicted molar refractivity (Wildman–Crippen MR) is 74.1 cm³/mol. The number of aryl methyl sites for hydroxylation is 1. The fourth-order valence-corrected chi connectivity index (χ4v) is 4.83. The molecule has 2 rings (SSSR count). The van der Waals surface area contributed by atoms with Crippen LogP contribution in [0, 0.1) is 18.8 Å². The first-order chi connectivity index (χ1) is 8.73. The van der Waals surface area contributed by atoms with Crippen LogP contribution in [0.1, 0.15) is 26.0 Å². The van der Waals surface area contributed by atoms with Crippen LogP contribution >= 0.6 is 0 Å². The molecule has 1 aliphatic heterocycles. The highest BCUT2D eigenvalue weighted by Crippen LogP contribution is 2.30. The number of sulfonamides is 1. The van der Waals surface area contributed by atoms with Crippen LogP contribution in [0.25, 0.3) is 0 Å². The average molecular weight is 286 g/mol. The molecule has 108 valence electrons. The van der Waals surface area contributed by atoms with Gasteiger partial charge in [-0.1, -0.05) is 13.8 Å². The number of nitrogen functional groups attached to an aromatic ring is 1. The van der Waals surface area contributed by atoms with E-state index in [2.05, 4.69) is 18.9 Å². The van der Waals surface area contributed by atoms with Crippen LogP contribution in [0.4, 0.5) is 5.82 Å². The van der Waals surface area contributed by atoms with Crippen LogP contribution in [-0.2, 0) is 17.1 Å². The number of aromatic nitrogens is 2. The summed E-state index contributed by atoms with van der Waals surface area (Å²) in [6.45, 7) is 7.00. The molecular weight excluding hydrogens is 264 g/mol. The van der Waals surface area contributed by atoms with Crippen molar-refractivity contribution < 1.29 is 8.42 Å². The van der Waals surface area contributed by atoms with Gasteiger partial charge in [-0.2, -0.15) is 9.40 Å². The predicted octanol–water partition coefficient (Wildman–Crippen LogP) is 0.977. The first-order valence-corrected chi connectivity index (χ1v) is 7.96. The van der Waals surface area contributed by atoms with Crippen molar-refractivity contribution in [2.24, 2.45) is 18.9 Å². The lowest BCUT2D eigenvalue weighted by atomic mass is 9.94. The van der Waals surface area contributed by atoms with Crippen LogP contribution < -0.4 is 5.73 Å². The second-order valence-corrected chi connectivity index (χ2v) is 7.57. The molecular formula is C12H22N4O2S. The van der Waals surface area contributed by atoms with E-state index in [0.717, 1.165) is 6.42 Å². The molecule has 2 atom stereocenters. The standard InChI is InChI=1S/C12H22N4O2S/c1-8-5-9(2)7-16(6-8)19(17,18)11-10(3)15(4)14-12(11)13/h8-9H,5-7H2,1-4H3,(H2,13,14). The Morgan fingerprint density at radius 1 is 1.26 bits per heavy atom. The second kappa shape index (κ2) is 4.79. The van der Waals surface area contributed by atoms with E-state index in [0.29, 0.717) is 30.6 Å². The second-order valence-electron chi connectivity index (χ2n) is 5.69. The van der Waals surface area contributed by atoms with Gasteiger partial charge in [0.15, 0.2) is 5.82 Å². The molecule has 1 aromatic rings. The summed E-state index contributed by atoms with van der Waals surface area (Å²) in [6.07, 6.45) is 1.06. The van der Waals surface area contributed by atoms with Gasteiger partial charge >= 0.3 is 0 Å². The van der Waals surface area contributed by atoms with Crippen LogP contribution in [-0.4, -0.2) is 35.6 Å². The highest BCUT2D eigenvalue weighted by molar-refractivity contribution is 7.89. The van der Waals surface area contributed by atoms with Crippen molar-refractivity contribution >= 4 is 15.8 Å². The molecule has 0 aliphatic carbocycles. The minimum atomic E-state index is -3.54. The van der Waals surface area contributed by atoms with E-state index < -0.39 is 10.0 Å². The zero-order valence-corrected chi connectivity index (χ0v) is 12.7. The Kier molecular flexibility index (Phi) is 3.61. The highest BCUT2D eigenvalue weighted by atomic mass is 32.2. The normalized spacial score (nSPS) is 25.7. The molecule has 0 radical (unpaired) electrons. The Morgan fingerprint density at radius 2 is 1.79 bits per heavy atom. The van der Waals surface area contributed by atoms with Crippen LogP contribution in [0.3, 0.4) is 0 Å². The molecule has 19 heavy (non-hydrogen) atoms. The van der Waals surface area contributed by atoms with Gasteiger partial charge in [0.1, 0.15) is 4.90 Å². The van der Waals surface area contributed by atoms with E-state index in [9.17, 15) is 8.42 Å². The smallest absolute Gasteiger partial charge is 0.248 e. The molecule has 2 unspecified atom stereocenters. The Bertz CT molecular complexity index is 569. The van der Waals surface area contributed by atoms with Gasteiger partial charge in [-0.15, -0.1) is 0 Å². The van der Waals surface area contributed by atoms with Gasteiger partial charge in [0.2, 0.25) is 10.0 Å². The molecule has 7 heteroatoms. The summed E-state index contributed by atoms with van der Waals surface area (Å²) in [7, 11) is -1.84. The molecule has 0 spiro atoms. The van der Waals surface area contributed by atoms with E-state index in [4.69, 9.17) is 5.73 Å². The highest BCUT2D eigenvalue weighted by Gasteiger charge is 2.35. The Balaban J connectivity index is 2.42. The Labute approximate surface area is 114 Å². The molecule has 0 amide bonds. The lowest BCUT2D eigenvalue weighted by Gasteiger charge is -2.33. The molecule has 2 N–H and O–H groups in total. The number of anilines is 1. The van der Waals surface area contributed by atoms with Crippen molar-refractivity contribution in [2.75, 3.05) is 18.8 Å². The third-order valence-corrected chi connectivity index (χ3v) is 5.74. The van der Waals surface area contributed by atoms with Crippen LogP contribution in [0.15, 0.2) is 4.90 Å². The van der Waals surface area contributed by atoms with E-state index in [1.807, 2.05) is 0 Å². The summed E-state index contributed by atoms with van der Waals surface area (Å²) >= 11 is 0. The molecule has 1 aliphatic rings. The Morgan fingerprint density at radius 3 is 2.21 bits per heavy atom. The third-order valence-electron chi connectivity index (χ3n) is 3.74. The van der Waals surface area contributed by atoms with Crippen LogP contribution in [0.5, 0.6) is 0 Å². The summed E-state index contributed by atoms with van der Waals surface area (Å²) in [5.41, 5.74) is 6.35. The molecule has 0 aromatic carbocycles. The van der Waals surface area contributed by atoms with Gasteiger partial charge < -0.3 is 5.73 Å². The van der Waals surface area contributed by atoms with Gasteiger partial charge in [-0.25, -0.2) is 8.42 Å². The fraction of sp³-hybridized carbons (Fsp3) is 0.750. The molecule has 0 saturated carbocycles. The maximum Gasteiger partial charge on any atom is 0.248 e. The van der Waals surface area contributed by atoms with E-state index in [1.165, 1.54) is 4.68 Å². The first-order valence-electron chi connectivity index (χ1n) is 6.52. The lowest BCUT2D eigenvalue weighted by Crippen LogP contribution is -2.42. The molecule has 6 nitrogen and oxygen atoms in total. The third kappa shape index (κ3) is 2.49. The molecule has 1 saturated heterocycles. The summed E-state index contributed by atoms with van der Waals surface area (Å²) < 4.78 is 28.5. The average Bonchev–Trinajstić information content (AvgIpc) is 2.51. The van der Waals surface area contributed by atoms with Crippen molar-refractivity contribution in [3.05, 3.63) is 5.69 Å². The minimum absolute atomic E-state index is 0.0888. The number of hydrogen-bond acceptors (Lipinski definition) is 4. The van der Waals surface area contributed by atoms with Crippen molar-refractivity contribution in [2.45, 2.75) is 32.1 Å². The maximum absolute atomic E-state index is 12.7. The quantitative estimate of drug-likeness (QED) is 0.878. The molecule has 0 bridgehead atoms. The summed E-state index contributed by atoms with van der Waals surface area (Å²) in [5.74, 6) is 0.833. The van der Waals surface area contributed by atoms with E-state index >= 15 is 0 Å². The number of nitrogens with two attached hydrogens (primary N) is 1. The van der Waals surface area contributed by atoms with Crippen molar-refractivity contribution in [3.8, 4) is 0 Å². The SMILES string of the molecule is Cc1c(S(=O)(=O)N2CC(C)CC(C)C2)c(N)nn1C. The lowest BCUT2D eigenvalue weighted by molar-refractivity contribution is 0.222. The molecule has 1 aromatic heterocycles. The largest absolute Gasteiger partial charge is 0.381 e. The molecule has 2 heterocycles. The zero-order chi connectivity index (χ0) is 14.4. The van der Waals surface area contributed by atoms with Gasteiger partial charge in [0.05, 0.1) is 5.69 Å². The van der Waals surface area contributed by atoms with Crippen molar-refractivity contribution in [3.63, 3.8) is 0 Å². The number of nitrogens with zero attached hydrogens (tertiary/aromatic N) is 3. The summed E-state index contributed by atoms with van der Waals surface area (Å²) in [4.78, 5) is 0.163. The van der Waals surface area contributed by atoms with E-state index in [1.54, 1.807) is 18.3 Å². The number of piperidine rings is 1. The maximum atomic E-state index is 12.7. The first kappa shape index (κ1) is 14.3.